The van der Waals surface area contributed by atoms with Gasteiger partial charge in [-0.1, -0.05) is 19.4 Å². The van der Waals surface area contributed by atoms with Crippen LogP contribution < -0.4 is 4.74 Å². The van der Waals surface area contributed by atoms with E-state index >= 15 is 0 Å². The van der Waals surface area contributed by atoms with Gasteiger partial charge in [-0.15, -0.1) is 0 Å². The Bertz CT molecular complexity index is 678. The molecule has 1 unspecified atom stereocenters. The van der Waals surface area contributed by atoms with Gasteiger partial charge in [0, 0.05) is 31.5 Å². The standard InChI is InChI=1S/C17H24N2O3.C2HF3O2/c1-2-3-7-16(20)19-12-17(13-19)11-14(8-10-21-17)22-15-6-4-5-9-18-15;3-2(4,5)1(6)7/h4-6,9,14H,2-3,7-8,10-13H2,1H3;(H,6,7). The number of hydrogen-bond donors (Lipinski definition) is 1. The molecule has 7 nitrogen and oxygen atoms in total. The van der Waals surface area contributed by atoms with Crippen LogP contribution >= 0.6 is 0 Å². The van der Waals surface area contributed by atoms with E-state index in [1.165, 1.54) is 0 Å². The van der Waals surface area contributed by atoms with E-state index in [0.29, 0.717) is 32.0 Å². The molecular formula is C19H25F3N2O5. The molecular weight excluding hydrogens is 393 g/mol. The highest BCUT2D eigenvalue weighted by Gasteiger charge is 2.49. The first kappa shape index (κ1) is 22.9. The van der Waals surface area contributed by atoms with Gasteiger partial charge < -0.3 is 19.5 Å². The Hall–Kier alpha value is -2.36. The van der Waals surface area contributed by atoms with Gasteiger partial charge in [0.2, 0.25) is 11.8 Å². The normalized spacial score (nSPS) is 20.3. The number of pyridine rings is 1. The number of likely N-dealkylation sites (tertiary alicyclic amines) is 1. The number of carboxylic acids is 1. The van der Waals surface area contributed by atoms with E-state index < -0.39 is 12.1 Å². The molecule has 162 valence electrons. The Balaban J connectivity index is 0.000000370. The molecule has 10 heteroatoms. The lowest BCUT2D eigenvalue weighted by molar-refractivity contribution is -0.193. The van der Waals surface area contributed by atoms with Crippen LogP contribution in [0.2, 0.25) is 0 Å². The van der Waals surface area contributed by atoms with E-state index in [-0.39, 0.29) is 17.6 Å². The van der Waals surface area contributed by atoms with Crippen LogP contribution in [0.1, 0.15) is 39.0 Å². The summed E-state index contributed by atoms with van der Waals surface area (Å²) in [6.45, 7) is 4.21. The minimum atomic E-state index is -5.08. The summed E-state index contributed by atoms with van der Waals surface area (Å²) in [5.41, 5.74) is -0.195. The number of hydrogen-bond acceptors (Lipinski definition) is 5. The summed E-state index contributed by atoms with van der Waals surface area (Å²) in [6.07, 6.45) is 1.16. The van der Waals surface area contributed by atoms with E-state index in [0.717, 1.165) is 25.7 Å². The molecule has 1 spiro atoms. The minimum absolute atomic E-state index is 0.122. The average molecular weight is 418 g/mol. The van der Waals surface area contributed by atoms with E-state index in [2.05, 4.69) is 11.9 Å². The summed E-state index contributed by atoms with van der Waals surface area (Å²) in [5, 5.41) is 7.12. The van der Waals surface area contributed by atoms with Crippen molar-refractivity contribution in [2.75, 3.05) is 19.7 Å². The van der Waals surface area contributed by atoms with Gasteiger partial charge in [-0.2, -0.15) is 13.2 Å². The van der Waals surface area contributed by atoms with Gasteiger partial charge in [0.15, 0.2) is 0 Å². The third kappa shape index (κ3) is 6.88. The van der Waals surface area contributed by atoms with Crippen LogP contribution in [-0.4, -0.2) is 64.4 Å². The molecule has 2 aliphatic heterocycles. The highest BCUT2D eigenvalue weighted by atomic mass is 19.4. The number of amides is 1. The Morgan fingerprint density at radius 3 is 2.62 bits per heavy atom. The summed E-state index contributed by atoms with van der Waals surface area (Å²) in [7, 11) is 0. The molecule has 1 N–H and O–H groups in total. The SMILES string of the molecule is CCCCC(=O)N1CC2(CC(Oc3ccccn3)CCO2)C1.O=C(O)C(F)(F)F. The molecule has 2 fully saturated rings. The molecule has 1 aromatic rings. The average Bonchev–Trinajstić information content (AvgIpc) is 2.65. The Morgan fingerprint density at radius 1 is 1.38 bits per heavy atom. The highest BCUT2D eigenvalue weighted by Crippen LogP contribution is 2.35. The van der Waals surface area contributed by atoms with E-state index in [9.17, 15) is 18.0 Å². The van der Waals surface area contributed by atoms with Crippen molar-refractivity contribution in [1.82, 2.24) is 9.88 Å². The van der Waals surface area contributed by atoms with Crippen LogP contribution in [0.5, 0.6) is 5.88 Å². The summed E-state index contributed by atoms with van der Waals surface area (Å²) in [4.78, 5) is 27.0. The van der Waals surface area contributed by atoms with Gasteiger partial charge >= 0.3 is 12.1 Å². The topological polar surface area (TPSA) is 89.0 Å². The number of unbranched alkanes of at least 4 members (excludes halogenated alkanes) is 1. The van der Waals surface area contributed by atoms with Crippen LogP contribution in [0.25, 0.3) is 0 Å². The van der Waals surface area contributed by atoms with Crippen LogP contribution in [0, 0.1) is 0 Å². The largest absolute Gasteiger partial charge is 0.490 e. The van der Waals surface area contributed by atoms with Crippen molar-refractivity contribution in [3.63, 3.8) is 0 Å². The molecule has 1 aromatic heterocycles. The van der Waals surface area contributed by atoms with Crippen molar-refractivity contribution in [2.45, 2.75) is 56.9 Å². The van der Waals surface area contributed by atoms with Crippen LogP contribution in [0.15, 0.2) is 24.4 Å². The predicted octanol–water partition coefficient (Wildman–Crippen LogP) is 3.04. The second kappa shape index (κ2) is 9.91. The van der Waals surface area contributed by atoms with Crippen molar-refractivity contribution in [2.24, 2.45) is 0 Å². The number of carbonyl (C=O) groups is 2. The maximum atomic E-state index is 12.0. The first-order chi connectivity index (χ1) is 13.6. The first-order valence-corrected chi connectivity index (χ1v) is 9.45. The lowest BCUT2D eigenvalue weighted by atomic mass is 9.84. The fourth-order valence-electron chi connectivity index (χ4n) is 3.20. The molecule has 1 amide bonds. The van der Waals surface area contributed by atoms with Gasteiger partial charge in [-0.05, 0) is 12.5 Å². The second-order valence-corrected chi connectivity index (χ2v) is 7.09. The number of carbonyl (C=O) groups excluding carboxylic acids is 1. The summed E-state index contributed by atoms with van der Waals surface area (Å²) in [6, 6.07) is 5.68. The van der Waals surface area contributed by atoms with Gasteiger partial charge in [-0.25, -0.2) is 9.78 Å². The number of ether oxygens (including phenoxy) is 2. The Morgan fingerprint density at radius 2 is 2.07 bits per heavy atom. The van der Waals surface area contributed by atoms with Crippen molar-refractivity contribution in [3.8, 4) is 5.88 Å². The predicted molar refractivity (Wildman–Crippen MR) is 96.4 cm³/mol. The monoisotopic (exact) mass is 418 g/mol. The van der Waals surface area contributed by atoms with Gasteiger partial charge in [-0.3, -0.25) is 4.79 Å². The van der Waals surface area contributed by atoms with Crippen LogP contribution in [0.4, 0.5) is 13.2 Å². The number of rotatable bonds is 5. The Kier molecular flexibility index (Phi) is 7.83. The van der Waals surface area contributed by atoms with Gasteiger partial charge in [0.25, 0.3) is 0 Å². The minimum Gasteiger partial charge on any atom is -0.475 e. The number of carboxylic acid groups (broad SMARTS) is 1. The van der Waals surface area contributed by atoms with Crippen LogP contribution in [0.3, 0.4) is 0 Å². The molecule has 0 saturated carbocycles. The van der Waals surface area contributed by atoms with Gasteiger partial charge in [0.1, 0.15) is 11.7 Å². The molecule has 1 atom stereocenters. The number of nitrogens with zero attached hydrogens (tertiary/aromatic N) is 2. The number of aromatic nitrogens is 1. The molecule has 2 saturated heterocycles. The van der Waals surface area contributed by atoms with Crippen molar-refractivity contribution in [3.05, 3.63) is 24.4 Å². The molecule has 0 aliphatic carbocycles. The molecule has 0 radical (unpaired) electrons. The second-order valence-electron chi connectivity index (χ2n) is 7.09. The number of halogens is 3. The van der Waals surface area contributed by atoms with Gasteiger partial charge in [0.05, 0.1) is 19.7 Å². The third-order valence-electron chi connectivity index (χ3n) is 4.67. The number of aliphatic carboxylic acids is 1. The summed E-state index contributed by atoms with van der Waals surface area (Å²) >= 11 is 0. The molecule has 3 rings (SSSR count). The van der Waals surface area contributed by atoms with E-state index in [1.807, 2.05) is 23.1 Å². The maximum Gasteiger partial charge on any atom is 0.490 e. The molecule has 0 bridgehead atoms. The third-order valence-corrected chi connectivity index (χ3v) is 4.67. The fourth-order valence-corrected chi connectivity index (χ4v) is 3.20. The zero-order valence-electron chi connectivity index (χ0n) is 16.2. The lowest BCUT2D eigenvalue weighted by Gasteiger charge is -2.52. The fraction of sp³-hybridized carbons (Fsp3) is 0.632. The van der Waals surface area contributed by atoms with Crippen molar-refractivity contribution >= 4 is 11.9 Å². The summed E-state index contributed by atoms with van der Waals surface area (Å²) < 4.78 is 43.6. The smallest absolute Gasteiger partial charge is 0.475 e. The molecule has 0 aromatic carbocycles. The lowest BCUT2D eigenvalue weighted by Crippen LogP contribution is -2.67. The van der Waals surface area contributed by atoms with E-state index in [4.69, 9.17) is 19.4 Å². The highest BCUT2D eigenvalue weighted by molar-refractivity contribution is 5.77. The molecule has 3 heterocycles. The quantitative estimate of drug-likeness (QED) is 0.791. The molecule has 2 aliphatic rings. The zero-order valence-corrected chi connectivity index (χ0v) is 16.2. The zero-order chi connectivity index (χ0) is 21.5. The first-order valence-electron chi connectivity index (χ1n) is 9.45. The van der Waals surface area contributed by atoms with Crippen LogP contribution in [-0.2, 0) is 14.3 Å². The maximum absolute atomic E-state index is 12.0. The summed E-state index contributed by atoms with van der Waals surface area (Å²) in [5.74, 6) is -1.84. The van der Waals surface area contributed by atoms with Crippen molar-refractivity contribution in [1.29, 1.82) is 0 Å². The van der Waals surface area contributed by atoms with Crippen molar-refractivity contribution < 1.29 is 37.3 Å². The molecule has 29 heavy (non-hydrogen) atoms. The Labute approximate surface area is 166 Å². The van der Waals surface area contributed by atoms with E-state index in [1.54, 1.807) is 6.20 Å². The number of alkyl halides is 3.